The van der Waals surface area contributed by atoms with E-state index in [-0.39, 0.29) is 32.8 Å². The van der Waals surface area contributed by atoms with Crippen LogP contribution in [0.2, 0.25) is 5.02 Å². The van der Waals surface area contributed by atoms with Crippen LogP contribution in [-0.4, -0.2) is 35.6 Å². The minimum absolute atomic E-state index is 0.0503. The molecule has 0 spiro atoms. The number of methoxy groups -OCH3 is 2. The Bertz CT molecular complexity index is 899. The van der Waals surface area contributed by atoms with E-state index in [2.05, 4.69) is 10.0 Å². The zero-order valence-electron chi connectivity index (χ0n) is 13.8. The molecule has 0 aliphatic carbocycles. The first-order valence-corrected chi connectivity index (χ1v) is 8.95. The molecule has 7 nitrogen and oxygen atoms in total. The summed E-state index contributed by atoms with van der Waals surface area (Å²) in [7, 11) is 0.371. The highest BCUT2D eigenvalue weighted by Crippen LogP contribution is 2.31. The summed E-state index contributed by atoms with van der Waals surface area (Å²) >= 11 is 5.99. The van der Waals surface area contributed by atoms with Crippen LogP contribution in [0, 0.1) is 0 Å². The largest absolute Gasteiger partial charge is 0.495 e. The molecule has 0 unspecified atom stereocenters. The minimum atomic E-state index is -3.94. The van der Waals surface area contributed by atoms with Gasteiger partial charge in [0, 0.05) is 12.6 Å². The van der Waals surface area contributed by atoms with Gasteiger partial charge in [0.25, 0.3) is 15.9 Å². The van der Waals surface area contributed by atoms with Gasteiger partial charge in [-0.15, -0.1) is 0 Å². The first-order chi connectivity index (χ1) is 11.8. The van der Waals surface area contributed by atoms with Gasteiger partial charge in [-0.25, -0.2) is 8.42 Å². The number of carbonyl (C=O) groups excluding carboxylic acids is 1. The molecule has 0 saturated carbocycles. The number of benzene rings is 2. The molecule has 0 bridgehead atoms. The number of ether oxygens (including phenoxy) is 2. The van der Waals surface area contributed by atoms with Crippen molar-refractivity contribution in [1.82, 2.24) is 5.32 Å². The monoisotopic (exact) mass is 384 g/mol. The highest BCUT2D eigenvalue weighted by molar-refractivity contribution is 7.92. The predicted molar refractivity (Wildman–Crippen MR) is 95.2 cm³/mol. The number of rotatable bonds is 6. The highest BCUT2D eigenvalue weighted by Gasteiger charge is 2.19. The summed E-state index contributed by atoms with van der Waals surface area (Å²) in [5.41, 5.74) is 0.421. The second kappa shape index (κ2) is 7.62. The van der Waals surface area contributed by atoms with E-state index in [1.165, 1.54) is 57.7 Å². The van der Waals surface area contributed by atoms with Crippen molar-refractivity contribution in [3.8, 4) is 11.5 Å². The molecule has 0 atom stereocenters. The number of anilines is 1. The molecular weight excluding hydrogens is 368 g/mol. The van der Waals surface area contributed by atoms with Gasteiger partial charge in [0.2, 0.25) is 0 Å². The van der Waals surface area contributed by atoms with Crippen molar-refractivity contribution in [2.24, 2.45) is 0 Å². The zero-order chi connectivity index (χ0) is 18.6. The fraction of sp³-hybridized carbons (Fsp3) is 0.188. The van der Waals surface area contributed by atoms with Crippen molar-refractivity contribution in [1.29, 1.82) is 0 Å². The lowest BCUT2D eigenvalue weighted by molar-refractivity contribution is 0.0963. The van der Waals surface area contributed by atoms with Gasteiger partial charge in [0.1, 0.15) is 11.5 Å². The molecule has 1 amide bonds. The Morgan fingerprint density at radius 2 is 1.68 bits per heavy atom. The summed E-state index contributed by atoms with van der Waals surface area (Å²) in [5, 5.41) is 2.64. The third-order valence-corrected chi connectivity index (χ3v) is 5.03. The first kappa shape index (κ1) is 18.9. The lowest BCUT2D eigenvalue weighted by atomic mass is 10.2. The molecule has 0 saturated heterocycles. The van der Waals surface area contributed by atoms with Gasteiger partial charge in [-0.05, 0) is 36.4 Å². The van der Waals surface area contributed by atoms with Crippen molar-refractivity contribution >= 4 is 33.2 Å². The molecular formula is C16H17ClN2O5S. The smallest absolute Gasteiger partial charge is 0.262 e. The summed E-state index contributed by atoms with van der Waals surface area (Å²) < 4.78 is 37.8. The van der Waals surface area contributed by atoms with Crippen LogP contribution in [-0.2, 0) is 10.0 Å². The molecule has 0 heterocycles. The van der Waals surface area contributed by atoms with Crippen molar-refractivity contribution in [2.45, 2.75) is 4.90 Å². The summed E-state index contributed by atoms with van der Waals surface area (Å²) in [4.78, 5) is 11.7. The predicted octanol–water partition coefficient (Wildman–Crippen LogP) is 2.52. The van der Waals surface area contributed by atoms with Crippen LogP contribution < -0.4 is 19.5 Å². The maximum absolute atomic E-state index is 12.6. The van der Waals surface area contributed by atoms with E-state index in [1.807, 2.05) is 0 Å². The van der Waals surface area contributed by atoms with E-state index in [0.717, 1.165) is 0 Å². The van der Waals surface area contributed by atoms with Crippen LogP contribution in [0.25, 0.3) is 0 Å². The number of sulfonamides is 1. The molecule has 134 valence electrons. The Morgan fingerprint density at radius 3 is 2.24 bits per heavy atom. The molecule has 0 aromatic heterocycles. The Morgan fingerprint density at radius 1 is 1.04 bits per heavy atom. The molecule has 25 heavy (non-hydrogen) atoms. The van der Waals surface area contributed by atoms with E-state index in [4.69, 9.17) is 21.1 Å². The maximum Gasteiger partial charge on any atom is 0.262 e. The van der Waals surface area contributed by atoms with Gasteiger partial charge in [0.05, 0.1) is 29.8 Å². The molecule has 9 heteroatoms. The molecule has 2 rings (SSSR count). The summed E-state index contributed by atoms with van der Waals surface area (Å²) in [6.45, 7) is 0. The van der Waals surface area contributed by atoms with E-state index in [9.17, 15) is 13.2 Å². The van der Waals surface area contributed by atoms with Crippen LogP contribution >= 0.6 is 11.6 Å². The number of carbonyl (C=O) groups is 1. The van der Waals surface area contributed by atoms with E-state index in [1.54, 1.807) is 0 Å². The van der Waals surface area contributed by atoms with Crippen molar-refractivity contribution in [3.63, 3.8) is 0 Å². The molecule has 0 fully saturated rings. The normalized spacial score (nSPS) is 10.9. The SMILES string of the molecule is CNC(=O)c1ccc(OC)c(NS(=O)(=O)c2ccc(OC)c(Cl)c2)c1. The van der Waals surface area contributed by atoms with Gasteiger partial charge >= 0.3 is 0 Å². The second-order valence-corrected chi connectivity index (χ2v) is 6.99. The molecule has 2 aromatic carbocycles. The molecule has 2 N–H and O–H groups in total. The van der Waals surface area contributed by atoms with E-state index >= 15 is 0 Å². The standard InChI is InChI=1S/C16H17ClN2O5S/c1-18-16(20)10-4-6-15(24-3)13(8-10)19-25(21,22)11-5-7-14(23-2)12(17)9-11/h4-9,19H,1-3H3,(H,18,20). The van der Waals surface area contributed by atoms with Gasteiger partial charge in [-0.1, -0.05) is 11.6 Å². The third-order valence-electron chi connectivity index (χ3n) is 3.37. The number of amides is 1. The minimum Gasteiger partial charge on any atom is -0.495 e. The topological polar surface area (TPSA) is 93.7 Å². The van der Waals surface area contributed by atoms with Gasteiger partial charge < -0.3 is 14.8 Å². The fourth-order valence-electron chi connectivity index (χ4n) is 2.09. The highest BCUT2D eigenvalue weighted by atomic mass is 35.5. The molecule has 0 radical (unpaired) electrons. The van der Waals surface area contributed by atoms with Gasteiger partial charge in [-0.2, -0.15) is 0 Å². The van der Waals surface area contributed by atoms with Crippen LogP contribution in [0.5, 0.6) is 11.5 Å². The van der Waals surface area contributed by atoms with E-state index in [0.29, 0.717) is 5.75 Å². The van der Waals surface area contributed by atoms with Crippen molar-refractivity contribution in [2.75, 3.05) is 26.0 Å². The Kier molecular flexibility index (Phi) is 5.76. The quantitative estimate of drug-likeness (QED) is 0.798. The number of hydrogen-bond donors (Lipinski definition) is 2. The molecule has 0 aliphatic rings. The van der Waals surface area contributed by atoms with Gasteiger partial charge in [0.15, 0.2) is 0 Å². The first-order valence-electron chi connectivity index (χ1n) is 7.09. The van der Waals surface area contributed by atoms with Crippen LogP contribution in [0.4, 0.5) is 5.69 Å². The third kappa shape index (κ3) is 4.15. The average Bonchev–Trinajstić information content (AvgIpc) is 2.60. The van der Waals surface area contributed by atoms with Crippen molar-refractivity contribution in [3.05, 3.63) is 47.0 Å². The molecule has 2 aromatic rings. The Labute approximate surface area is 151 Å². The maximum atomic E-state index is 12.6. The summed E-state index contributed by atoms with van der Waals surface area (Å²) in [6.07, 6.45) is 0. The van der Waals surface area contributed by atoms with Gasteiger partial charge in [-0.3, -0.25) is 9.52 Å². The number of nitrogens with one attached hydrogen (secondary N) is 2. The van der Waals surface area contributed by atoms with Crippen molar-refractivity contribution < 1.29 is 22.7 Å². The lowest BCUT2D eigenvalue weighted by Crippen LogP contribution is -2.19. The second-order valence-electron chi connectivity index (χ2n) is 4.90. The summed E-state index contributed by atoms with van der Waals surface area (Å²) in [6, 6.07) is 8.51. The Balaban J connectivity index is 2.43. The lowest BCUT2D eigenvalue weighted by Gasteiger charge is -2.14. The number of halogens is 1. The van der Waals surface area contributed by atoms with E-state index < -0.39 is 10.0 Å². The zero-order valence-corrected chi connectivity index (χ0v) is 15.4. The van der Waals surface area contributed by atoms with Crippen LogP contribution in [0.1, 0.15) is 10.4 Å². The average molecular weight is 385 g/mol. The Hall–Kier alpha value is -2.45. The molecule has 0 aliphatic heterocycles. The van der Waals surface area contributed by atoms with Crippen LogP contribution in [0.15, 0.2) is 41.3 Å². The summed E-state index contributed by atoms with van der Waals surface area (Å²) in [5.74, 6) is 0.284. The fourth-order valence-corrected chi connectivity index (χ4v) is 3.50. The number of hydrogen-bond acceptors (Lipinski definition) is 5. The van der Waals surface area contributed by atoms with Crippen LogP contribution in [0.3, 0.4) is 0 Å².